The Labute approximate surface area is 95.2 Å². The van der Waals surface area contributed by atoms with E-state index in [1.807, 2.05) is 6.07 Å². The first kappa shape index (κ1) is 10.8. The SMILES string of the molecule is CCC(C)c1ccc2cc(O)c(O)cc2c1. The molecule has 2 aromatic carbocycles. The molecule has 0 heterocycles. The highest BCUT2D eigenvalue weighted by Crippen LogP contribution is 2.32. The Morgan fingerprint density at radius 3 is 2.25 bits per heavy atom. The number of phenolic OH excluding ortho intramolecular Hbond substituents is 2. The molecule has 0 aliphatic rings. The predicted molar refractivity (Wildman–Crippen MR) is 66.0 cm³/mol. The van der Waals surface area contributed by atoms with Crippen molar-refractivity contribution in [3.63, 3.8) is 0 Å². The van der Waals surface area contributed by atoms with Crippen molar-refractivity contribution in [2.45, 2.75) is 26.2 Å². The first-order valence-corrected chi connectivity index (χ1v) is 5.57. The second kappa shape index (κ2) is 4.05. The fourth-order valence-electron chi connectivity index (χ4n) is 1.83. The predicted octanol–water partition coefficient (Wildman–Crippen LogP) is 3.76. The van der Waals surface area contributed by atoms with Gasteiger partial charge in [-0.1, -0.05) is 32.0 Å². The van der Waals surface area contributed by atoms with Crippen LogP contribution in [-0.4, -0.2) is 10.2 Å². The van der Waals surface area contributed by atoms with Crippen molar-refractivity contribution >= 4 is 10.8 Å². The first-order chi connectivity index (χ1) is 7.61. The van der Waals surface area contributed by atoms with Crippen molar-refractivity contribution in [3.8, 4) is 11.5 Å². The van der Waals surface area contributed by atoms with Crippen molar-refractivity contribution in [1.82, 2.24) is 0 Å². The molecule has 0 bridgehead atoms. The van der Waals surface area contributed by atoms with E-state index in [0.29, 0.717) is 5.92 Å². The molecule has 0 amide bonds. The van der Waals surface area contributed by atoms with E-state index in [0.717, 1.165) is 17.2 Å². The smallest absolute Gasteiger partial charge is 0.158 e. The zero-order valence-corrected chi connectivity index (χ0v) is 9.57. The third-order valence-corrected chi connectivity index (χ3v) is 3.14. The summed E-state index contributed by atoms with van der Waals surface area (Å²) in [5.41, 5.74) is 1.26. The lowest BCUT2D eigenvalue weighted by Gasteiger charge is -2.10. The van der Waals surface area contributed by atoms with Gasteiger partial charge in [-0.3, -0.25) is 0 Å². The Hall–Kier alpha value is -1.70. The van der Waals surface area contributed by atoms with Crippen LogP contribution in [0.15, 0.2) is 30.3 Å². The molecule has 16 heavy (non-hydrogen) atoms. The van der Waals surface area contributed by atoms with Gasteiger partial charge in [0.15, 0.2) is 11.5 Å². The molecule has 0 aliphatic carbocycles. The molecule has 0 spiro atoms. The van der Waals surface area contributed by atoms with Crippen LogP contribution < -0.4 is 0 Å². The van der Waals surface area contributed by atoms with Gasteiger partial charge in [-0.2, -0.15) is 0 Å². The monoisotopic (exact) mass is 216 g/mol. The van der Waals surface area contributed by atoms with E-state index >= 15 is 0 Å². The van der Waals surface area contributed by atoms with E-state index in [1.165, 1.54) is 5.56 Å². The van der Waals surface area contributed by atoms with Crippen molar-refractivity contribution in [2.24, 2.45) is 0 Å². The van der Waals surface area contributed by atoms with Gasteiger partial charge < -0.3 is 10.2 Å². The average Bonchev–Trinajstić information content (AvgIpc) is 2.29. The molecule has 2 rings (SSSR count). The number of phenols is 2. The van der Waals surface area contributed by atoms with E-state index in [4.69, 9.17) is 0 Å². The van der Waals surface area contributed by atoms with Gasteiger partial charge in [0, 0.05) is 0 Å². The van der Waals surface area contributed by atoms with E-state index in [2.05, 4.69) is 26.0 Å². The lowest BCUT2D eigenvalue weighted by molar-refractivity contribution is 0.405. The largest absolute Gasteiger partial charge is 0.504 e. The van der Waals surface area contributed by atoms with Crippen molar-refractivity contribution < 1.29 is 10.2 Å². The molecule has 2 aromatic rings. The molecule has 2 heteroatoms. The molecule has 0 radical (unpaired) electrons. The summed E-state index contributed by atoms with van der Waals surface area (Å²) in [5.74, 6) is 0.387. The summed E-state index contributed by atoms with van der Waals surface area (Å²) < 4.78 is 0. The van der Waals surface area contributed by atoms with Gasteiger partial charge in [0.05, 0.1) is 0 Å². The summed E-state index contributed by atoms with van der Waals surface area (Å²) in [6.45, 7) is 4.34. The van der Waals surface area contributed by atoms with Crippen molar-refractivity contribution in [2.75, 3.05) is 0 Å². The fraction of sp³-hybridized carbons (Fsp3) is 0.286. The van der Waals surface area contributed by atoms with Gasteiger partial charge in [0.1, 0.15) is 0 Å². The summed E-state index contributed by atoms with van der Waals surface area (Å²) in [4.78, 5) is 0. The van der Waals surface area contributed by atoms with Crippen LogP contribution in [0.2, 0.25) is 0 Å². The quantitative estimate of drug-likeness (QED) is 0.750. The molecule has 2 N–H and O–H groups in total. The number of fused-ring (bicyclic) bond motifs is 1. The Morgan fingerprint density at radius 1 is 1.00 bits per heavy atom. The summed E-state index contributed by atoms with van der Waals surface area (Å²) in [6.07, 6.45) is 1.09. The minimum absolute atomic E-state index is 0.0613. The second-order valence-corrected chi connectivity index (χ2v) is 4.26. The standard InChI is InChI=1S/C14H16O2/c1-3-9(2)10-4-5-11-7-13(15)14(16)8-12(11)6-10/h4-9,15-16H,3H2,1-2H3. The third kappa shape index (κ3) is 1.83. The Bertz CT molecular complexity index is 517. The summed E-state index contributed by atoms with van der Waals surface area (Å²) in [6, 6.07) is 9.33. The number of rotatable bonds is 2. The average molecular weight is 216 g/mol. The van der Waals surface area contributed by atoms with Crippen LogP contribution in [0, 0.1) is 0 Å². The summed E-state index contributed by atoms with van der Waals surface area (Å²) in [7, 11) is 0. The zero-order chi connectivity index (χ0) is 11.7. The maximum Gasteiger partial charge on any atom is 0.158 e. The molecule has 2 nitrogen and oxygen atoms in total. The van der Waals surface area contributed by atoms with E-state index in [1.54, 1.807) is 12.1 Å². The molecule has 1 unspecified atom stereocenters. The Kier molecular flexibility index (Phi) is 2.73. The van der Waals surface area contributed by atoms with Crippen LogP contribution in [0.3, 0.4) is 0 Å². The van der Waals surface area contributed by atoms with Crippen LogP contribution in [0.1, 0.15) is 31.7 Å². The maximum absolute atomic E-state index is 9.45. The van der Waals surface area contributed by atoms with Gasteiger partial charge >= 0.3 is 0 Å². The van der Waals surface area contributed by atoms with Crippen molar-refractivity contribution in [3.05, 3.63) is 35.9 Å². The lowest BCUT2D eigenvalue weighted by atomic mass is 9.96. The summed E-state index contributed by atoms with van der Waals surface area (Å²) >= 11 is 0. The minimum Gasteiger partial charge on any atom is -0.504 e. The van der Waals surface area contributed by atoms with Gasteiger partial charge in [-0.25, -0.2) is 0 Å². The van der Waals surface area contributed by atoms with Gasteiger partial charge in [-0.15, -0.1) is 0 Å². The van der Waals surface area contributed by atoms with Crippen LogP contribution >= 0.6 is 0 Å². The van der Waals surface area contributed by atoms with E-state index < -0.39 is 0 Å². The van der Waals surface area contributed by atoms with Crippen LogP contribution in [0.4, 0.5) is 0 Å². The highest BCUT2D eigenvalue weighted by atomic mass is 16.3. The Balaban J connectivity index is 2.57. The van der Waals surface area contributed by atoms with E-state index in [-0.39, 0.29) is 11.5 Å². The van der Waals surface area contributed by atoms with E-state index in [9.17, 15) is 10.2 Å². The number of hydrogen-bond acceptors (Lipinski definition) is 2. The van der Waals surface area contributed by atoms with Gasteiger partial charge in [0.2, 0.25) is 0 Å². The molecule has 0 saturated heterocycles. The molecule has 0 aromatic heterocycles. The molecule has 0 fully saturated rings. The summed E-state index contributed by atoms with van der Waals surface area (Å²) in [5, 5.41) is 20.8. The van der Waals surface area contributed by atoms with Crippen LogP contribution in [0.25, 0.3) is 10.8 Å². The number of benzene rings is 2. The molecule has 84 valence electrons. The van der Waals surface area contributed by atoms with Gasteiger partial charge in [0.25, 0.3) is 0 Å². The van der Waals surface area contributed by atoms with Crippen LogP contribution in [0.5, 0.6) is 11.5 Å². The second-order valence-electron chi connectivity index (χ2n) is 4.26. The molecular weight excluding hydrogens is 200 g/mol. The first-order valence-electron chi connectivity index (χ1n) is 5.57. The maximum atomic E-state index is 9.45. The molecule has 0 saturated carbocycles. The third-order valence-electron chi connectivity index (χ3n) is 3.14. The Morgan fingerprint density at radius 2 is 1.62 bits per heavy atom. The number of aromatic hydroxyl groups is 2. The molecule has 1 atom stereocenters. The normalized spacial score (nSPS) is 12.9. The van der Waals surface area contributed by atoms with Crippen molar-refractivity contribution in [1.29, 1.82) is 0 Å². The lowest BCUT2D eigenvalue weighted by Crippen LogP contribution is -1.90. The number of hydrogen-bond donors (Lipinski definition) is 2. The van der Waals surface area contributed by atoms with Gasteiger partial charge in [-0.05, 0) is 40.8 Å². The zero-order valence-electron chi connectivity index (χ0n) is 9.57. The molecule has 0 aliphatic heterocycles. The molecular formula is C14H16O2. The minimum atomic E-state index is -0.0659. The van der Waals surface area contributed by atoms with Crippen LogP contribution in [-0.2, 0) is 0 Å². The highest BCUT2D eigenvalue weighted by Gasteiger charge is 2.06. The topological polar surface area (TPSA) is 40.5 Å². The highest BCUT2D eigenvalue weighted by molar-refractivity contribution is 5.86. The fourth-order valence-corrected chi connectivity index (χ4v) is 1.83.